The predicted octanol–water partition coefficient (Wildman–Crippen LogP) is 0.499. The molecule has 0 radical (unpaired) electrons. The van der Waals surface area contributed by atoms with Crippen LogP contribution in [0.1, 0.15) is 29.6 Å². The van der Waals surface area contributed by atoms with Crippen molar-refractivity contribution in [1.29, 1.82) is 0 Å². The summed E-state index contributed by atoms with van der Waals surface area (Å²) in [5.74, 6) is -0.214. The summed E-state index contributed by atoms with van der Waals surface area (Å²) >= 11 is 1.29. The van der Waals surface area contributed by atoms with E-state index in [4.69, 9.17) is 11.5 Å². The van der Waals surface area contributed by atoms with Crippen molar-refractivity contribution in [1.82, 2.24) is 9.27 Å². The van der Waals surface area contributed by atoms with Crippen molar-refractivity contribution in [2.45, 2.75) is 25.3 Å². The number of aromatic nitrogens is 1. The van der Waals surface area contributed by atoms with Gasteiger partial charge in [0, 0.05) is 25.7 Å². The zero-order chi connectivity index (χ0) is 13.4. The Kier molecular flexibility index (Phi) is 3.32. The van der Waals surface area contributed by atoms with Gasteiger partial charge in [-0.25, -0.2) is 0 Å². The van der Waals surface area contributed by atoms with Crippen LogP contribution in [0.25, 0.3) is 0 Å². The fraction of sp³-hybridized carbons (Fsp3) is 0.667. The lowest BCUT2D eigenvalue weighted by Crippen LogP contribution is -2.37. The highest BCUT2D eigenvalue weighted by Gasteiger charge is 2.31. The molecule has 2 aliphatic rings. The molecular formula is C12H19N5OS. The van der Waals surface area contributed by atoms with Gasteiger partial charge in [-0.2, -0.15) is 4.37 Å². The first-order valence-corrected chi connectivity index (χ1v) is 7.48. The Morgan fingerprint density at radius 3 is 2.89 bits per heavy atom. The lowest BCUT2D eigenvalue weighted by Gasteiger charge is -2.26. The number of nitrogen functional groups attached to an aromatic ring is 1. The summed E-state index contributed by atoms with van der Waals surface area (Å²) < 4.78 is 4.09. The highest BCUT2D eigenvalue weighted by Crippen LogP contribution is 2.33. The summed E-state index contributed by atoms with van der Waals surface area (Å²) in [6, 6.07) is 0.589. The second-order valence-corrected chi connectivity index (χ2v) is 6.00. The number of nitrogens with two attached hydrogens (primary N) is 2. The summed E-state index contributed by atoms with van der Waals surface area (Å²) in [5, 5.41) is 0.846. The van der Waals surface area contributed by atoms with Crippen LogP contribution in [0.4, 0.5) is 10.8 Å². The van der Waals surface area contributed by atoms with E-state index in [-0.39, 0.29) is 5.82 Å². The Bertz CT molecular complexity index is 488. The van der Waals surface area contributed by atoms with Crippen molar-refractivity contribution in [3.8, 4) is 0 Å². The smallest absolute Gasteiger partial charge is 0.255 e. The highest BCUT2D eigenvalue weighted by atomic mass is 32.1. The number of carbonyl (C=O) groups is 1. The van der Waals surface area contributed by atoms with Gasteiger partial charge in [-0.15, -0.1) is 0 Å². The number of anilines is 2. The number of hydrogen-bond donors (Lipinski definition) is 2. The summed E-state index contributed by atoms with van der Waals surface area (Å²) in [4.78, 5) is 16.3. The topological polar surface area (TPSA) is 88.5 Å². The van der Waals surface area contributed by atoms with Crippen molar-refractivity contribution in [2.75, 3.05) is 36.8 Å². The SMILES string of the molecule is NC(=O)c1c(N)nsc1N1CCCN2CCCC2C1. The number of carbonyl (C=O) groups excluding carboxylic acids is 1. The van der Waals surface area contributed by atoms with E-state index in [1.807, 2.05) is 0 Å². The normalized spacial score (nSPS) is 24.2. The molecule has 0 spiro atoms. The van der Waals surface area contributed by atoms with Crippen LogP contribution in [0.2, 0.25) is 0 Å². The fourth-order valence-corrected chi connectivity index (χ4v) is 3.99. The number of hydrogen-bond acceptors (Lipinski definition) is 6. The standard InChI is InChI=1S/C12H19N5OS/c13-10-9(11(14)18)12(19-15-10)17-6-2-5-16-4-1-3-8(16)7-17/h8H,1-7H2,(H2,13,15)(H2,14,18). The molecule has 6 nitrogen and oxygen atoms in total. The van der Waals surface area contributed by atoms with Gasteiger partial charge in [-0.3, -0.25) is 9.69 Å². The average molecular weight is 281 g/mol. The maximum atomic E-state index is 11.5. The minimum Gasteiger partial charge on any atom is -0.382 e. The molecule has 4 N–H and O–H groups in total. The summed E-state index contributed by atoms with van der Waals surface area (Å²) in [6.45, 7) is 4.23. The van der Waals surface area contributed by atoms with Crippen LogP contribution in [0.3, 0.4) is 0 Å². The van der Waals surface area contributed by atoms with Crippen LogP contribution in [0, 0.1) is 0 Å². The Morgan fingerprint density at radius 2 is 2.11 bits per heavy atom. The summed E-state index contributed by atoms with van der Waals surface area (Å²) in [5.41, 5.74) is 11.6. The molecule has 3 heterocycles. The van der Waals surface area contributed by atoms with Crippen molar-refractivity contribution in [3.05, 3.63) is 5.56 Å². The Labute approximate surface area is 116 Å². The zero-order valence-corrected chi connectivity index (χ0v) is 11.7. The fourth-order valence-electron chi connectivity index (χ4n) is 3.13. The van der Waals surface area contributed by atoms with Gasteiger partial charge >= 0.3 is 0 Å². The number of rotatable bonds is 2. The van der Waals surface area contributed by atoms with Crippen molar-refractivity contribution in [3.63, 3.8) is 0 Å². The maximum Gasteiger partial charge on any atom is 0.255 e. The molecule has 1 unspecified atom stereocenters. The van der Waals surface area contributed by atoms with E-state index in [9.17, 15) is 4.79 Å². The third-order valence-corrected chi connectivity index (χ3v) is 4.96. The number of primary amides is 1. The second-order valence-electron chi connectivity index (χ2n) is 5.24. The minimum atomic E-state index is -0.478. The van der Waals surface area contributed by atoms with E-state index in [1.54, 1.807) is 0 Å². The molecule has 1 aromatic rings. The van der Waals surface area contributed by atoms with E-state index in [0.717, 1.165) is 31.1 Å². The molecule has 2 saturated heterocycles. The van der Waals surface area contributed by atoms with Gasteiger partial charge in [0.2, 0.25) is 0 Å². The molecule has 19 heavy (non-hydrogen) atoms. The molecular weight excluding hydrogens is 262 g/mol. The monoisotopic (exact) mass is 281 g/mol. The third-order valence-electron chi connectivity index (χ3n) is 4.04. The first kappa shape index (κ1) is 12.7. The maximum absolute atomic E-state index is 11.5. The Morgan fingerprint density at radius 1 is 1.32 bits per heavy atom. The van der Waals surface area contributed by atoms with Crippen LogP contribution >= 0.6 is 11.5 Å². The summed E-state index contributed by atoms with van der Waals surface area (Å²) in [6.07, 6.45) is 3.61. The van der Waals surface area contributed by atoms with Gasteiger partial charge in [-0.1, -0.05) is 0 Å². The van der Waals surface area contributed by atoms with E-state index in [1.165, 1.54) is 30.9 Å². The first-order valence-electron chi connectivity index (χ1n) is 6.70. The van der Waals surface area contributed by atoms with Crippen LogP contribution in [-0.4, -0.2) is 47.4 Å². The van der Waals surface area contributed by atoms with Crippen molar-refractivity contribution in [2.24, 2.45) is 5.73 Å². The van der Waals surface area contributed by atoms with Crippen LogP contribution in [-0.2, 0) is 0 Å². The lowest BCUT2D eigenvalue weighted by atomic mass is 10.2. The minimum absolute atomic E-state index is 0.264. The summed E-state index contributed by atoms with van der Waals surface area (Å²) in [7, 11) is 0. The van der Waals surface area contributed by atoms with Gasteiger partial charge in [0.15, 0.2) is 5.82 Å². The second kappa shape index (κ2) is 4.97. The average Bonchev–Trinajstić information content (AvgIpc) is 2.91. The van der Waals surface area contributed by atoms with Crippen LogP contribution < -0.4 is 16.4 Å². The molecule has 7 heteroatoms. The van der Waals surface area contributed by atoms with Gasteiger partial charge in [0.25, 0.3) is 5.91 Å². The van der Waals surface area contributed by atoms with Crippen LogP contribution in [0.5, 0.6) is 0 Å². The molecule has 0 bridgehead atoms. The van der Waals surface area contributed by atoms with Crippen LogP contribution in [0.15, 0.2) is 0 Å². The molecule has 0 aliphatic carbocycles. The number of amides is 1. The molecule has 3 rings (SSSR count). The Hall–Kier alpha value is -1.34. The molecule has 2 fully saturated rings. The molecule has 1 aromatic heterocycles. The molecule has 1 atom stereocenters. The number of nitrogens with zero attached hydrogens (tertiary/aromatic N) is 3. The first-order chi connectivity index (χ1) is 9.16. The lowest BCUT2D eigenvalue weighted by molar-refractivity contribution is 0.100. The quantitative estimate of drug-likeness (QED) is 0.824. The predicted molar refractivity (Wildman–Crippen MR) is 76.5 cm³/mol. The zero-order valence-electron chi connectivity index (χ0n) is 10.8. The van der Waals surface area contributed by atoms with Crippen molar-refractivity contribution < 1.29 is 4.79 Å². The molecule has 104 valence electrons. The highest BCUT2D eigenvalue weighted by molar-refractivity contribution is 7.11. The van der Waals surface area contributed by atoms with Gasteiger partial charge in [-0.05, 0) is 37.3 Å². The molecule has 0 aromatic carbocycles. The molecule has 0 saturated carbocycles. The van der Waals surface area contributed by atoms with E-state index < -0.39 is 5.91 Å². The van der Waals surface area contributed by atoms with Crippen molar-refractivity contribution >= 4 is 28.3 Å². The largest absolute Gasteiger partial charge is 0.382 e. The number of fused-ring (bicyclic) bond motifs is 1. The molecule has 2 aliphatic heterocycles. The van der Waals surface area contributed by atoms with Gasteiger partial charge in [0.1, 0.15) is 10.6 Å². The van der Waals surface area contributed by atoms with Gasteiger partial charge < -0.3 is 16.4 Å². The Balaban J connectivity index is 1.87. The van der Waals surface area contributed by atoms with E-state index in [0.29, 0.717) is 11.6 Å². The van der Waals surface area contributed by atoms with E-state index in [2.05, 4.69) is 14.2 Å². The van der Waals surface area contributed by atoms with Gasteiger partial charge in [0.05, 0.1) is 0 Å². The van der Waals surface area contributed by atoms with E-state index >= 15 is 0 Å². The molecule has 1 amide bonds. The third kappa shape index (κ3) is 2.28.